The van der Waals surface area contributed by atoms with Crippen LogP contribution in [0, 0.1) is 0 Å². The molecule has 0 fully saturated rings. The molecule has 19 heavy (non-hydrogen) atoms. The minimum Gasteiger partial charge on any atom is -0.328 e. The molecule has 0 aliphatic carbocycles. The van der Waals surface area contributed by atoms with Crippen LogP contribution in [0.25, 0.3) is 11.0 Å². The SMILES string of the molecule is CCCCC(Cc1nc2ccccc2n1CC)NC. The molecule has 1 unspecified atom stereocenters. The molecule has 0 amide bonds. The fourth-order valence-electron chi connectivity index (χ4n) is 2.65. The number of nitrogens with zero attached hydrogens (tertiary/aromatic N) is 2. The number of hydrogen-bond donors (Lipinski definition) is 1. The predicted molar refractivity (Wildman–Crippen MR) is 81.5 cm³/mol. The first-order valence-electron chi connectivity index (χ1n) is 7.41. The largest absolute Gasteiger partial charge is 0.328 e. The fraction of sp³-hybridized carbons (Fsp3) is 0.562. The van der Waals surface area contributed by atoms with Gasteiger partial charge in [-0.2, -0.15) is 0 Å². The molecule has 2 rings (SSSR count). The molecule has 1 aromatic heterocycles. The summed E-state index contributed by atoms with van der Waals surface area (Å²) in [7, 11) is 2.05. The van der Waals surface area contributed by atoms with Gasteiger partial charge in [0.05, 0.1) is 11.0 Å². The van der Waals surface area contributed by atoms with Gasteiger partial charge in [0.15, 0.2) is 0 Å². The summed E-state index contributed by atoms with van der Waals surface area (Å²) in [5.74, 6) is 1.21. The third kappa shape index (κ3) is 3.16. The van der Waals surface area contributed by atoms with E-state index < -0.39 is 0 Å². The van der Waals surface area contributed by atoms with Gasteiger partial charge in [-0.15, -0.1) is 0 Å². The van der Waals surface area contributed by atoms with Crippen LogP contribution in [0.3, 0.4) is 0 Å². The lowest BCUT2D eigenvalue weighted by Gasteiger charge is -2.16. The molecule has 1 N–H and O–H groups in total. The van der Waals surface area contributed by atoms with E-state index >= 15 is 0 Å². The summed E-state index contributed by atoms with van der Waals surface area (Å²) in [6.45, 7) is 5.42. The van der Waals surface area contributed by atoms with Crippen LogP contribution in [0.4, 0.5) is 0 Å². The molecule has 0 saturated carbocycles. The Morgan fingerprint density at radius 2 is 2.05 bits per heavy atom. The maximum absolute atomic E-state index is 4.80. The number of nitrogens with one attached hydrogen (secondary N) is 1. The average molecular weight is 259 g/mol. The Hall–Kier alpha value is -1.35. The Kier molecular flexibility index (Phi) is 4.97. The third-order valence-electron chi connectivity index (χ3n) is 3.79. The minimum atomic E-state index is 0.530. The molecule has 2 aromatic rings. The first-order chi connectivity index (χ1) is 9.30. The number of hydrogen-bond acceptors (Lipinski definition) is 2. The number of para-hydroxylation sites is 2. The van der Waals surface area contributed by atoms with Gasteiger partial charge in [-0.05, 0) is 32.5 Å². The Bertz CT molecular complexity index is 516. The lowest BCUT2D eigenvalue weighted by Crippen LogP contribution is -2.28. The number of benzene rings is 1. The van der Waals surface area contributed by atoms with E-state index in [4.69, 9.17) is 4.98 Å². The molecule has 0 aliphatic heterocycles. The lowest BCUT2D eigenvalue weighted by molar-refractivity contribution is 0.481. The Morgan fingerprint density at radius 1 is 1.26 bits per heavy atom. The van der Waals surface area contributed by atoms with Gasteiger partial charge in [0.25, 0.3) is 0 Å². The van der Waals surface area contributed by atoms with Crippen LogP contribution in [-0.4, -0.2) is 22.6 Å². The second-order valence-corrected chi connectivity index (χ2v) is 5.09. The van der Waals surface area contributed by atoms with Crippen LogP contribution in [0.15, 0.2) is 24.3 Å². The zero-order valence-corrected chi connectivity index (χ0v) is 12.3. The Labute approximate surface area is 116 Å². The van der Waals surface area contributed by atoms with Crippen molar-refractivity contribution < 1.29 is 0 Å². The first kappa shape index (κ1) is 14.1. The summed E-state index contributed by atoms with van der Waals surface area (Å²) in [4.78, 5) is 4.80. The van der Waals surface area contributed by atoms with E-state index in [9.17, 15) is 0 Å². The second-order valence-electron chi connectivity index (χ2n) is 5.09. The molecule has 0 saturated heterocycles. The van der Waals surface area contributed by atoms with Crippen LogP contribution in [0.5, 0.6) is 0 Å². The number of aromatic nitrogens is 2. The molecule has 104 valence electrons. The molecule has 1 heterocycles. The lowest BCUT2D eigenvalue weighted by atomic mass is 10.1. The van der Waals surface area contributed by atoms with Crippen LogP contribution < -0.4 is 5.32 Å². The Balaban J connectivity index is 2.23. The van der Waals surface area contributed by atoms with Crippen LogP contribution in [-0.2, 0) is 13.0 Å². The van der Waals surface area contributed by atoms with Crippen molar-refractivity contribution in [1.82, 2.24) is 14.9 Å². The van der Waals surface area contributed by atoms with Crippen molar-refractivity contribution in [1.29, 1.82) is 0 Å². The van der Waals surface area contributed by atoms with Crippen molar-refractivity contribution in [2.24, 2.45) is 0 Å². The molecule has 0 radical (unpaired) electrons. The summed E-state index contributed by atoms with van der Waals surface area (Å²) in [5, 5.41) is 3.43. The minimum absolute atomic E-state index is 0.530. The van der Waals surface area contributed by atoms with Gasteiger partial charge in [0, 0.05) is 19.0 Å². The molecule has 0 bridgehead atoms. The molecule has 1 aromatic carbocycles. The van der Waals surface area contributed by atoms with Crippen molar-refractivity contribution in [3.05, 3.63) is 30.1 Å². The maximum Gasteiger partial charge on any atom is 0.111 e. The summed E-state index contributed by atoms with van der Waals surface area (Å²) in [6, 6.07) is 8.95. The number of rotatable bonds is 7. The number of fused-ring (bicyclic) bond motifs is 1. The van der Waals surface area contributed by atoms with Crippen LogP contribution in [0.2, 0.25) is 0 Å². The van der Waals surface area contributed by atoms with E-state index in [2.05, 4.69) is 55.0 Å². The average Bonchev–Trinajstić information content (AvgIpc) is 2.80. The van der Waals surface area contributed by atoms with Gasteiger partial charge in [-0.1, -0.05) is 31.9 Å². The summed E-state index contributed by atoms with van der Waals surface area (Å²) in [6.07, 6.45) is 4.76. The van der Waals surface area contributed by atoms with Crippen molar-refractivity contribution in [3.8, 4) is 0 Å². The van der Waals surface area contributed by atoms with E-state index in [1.54, 1.807) is 0 Å². The molecule has 3 nitrogen and oxygen atoms in total. The molecule has 1 atom stereocenters. The zero-order chi connectivity index (χ0) is 13.7. The van der Waals surface area contributed by atoms with E-state index in [1.807, 2.05) is 0 Å². The van der Waals surface area contributed by atoms with Crippen LogP contribution >= 0.6 is 0 Å². The third-order valence-corrected chi connectivity index (χ3v) is 3.79. The predicted octanol–water partition coefficient (Wildman–Crippen LogP) is 3.38. The highest BCUT2D eigenvalue weighted by Crippen LogP contribution is 2.18. The van der Waals surface area contributed by atoms with E-state index in [0.29, 0.717) is 6.04 Å². The first-order valence-corrected chi connectivity index (χ1v) is 7.41. The maximum atomic E-state index is 4.80. The van der Waals surface area contributed by atoms with Gasteiger partial charge in [0.2, 0.25) is 0 Å². The van der Waals surface area contributed by atoms with Gasteiger partial charge in [-0.3, -0.25) is 0 Å². The molecule has 0 aliphatic rings. The smallest absolute Gasteiger partial charge is 0.111 e. The van der Waals surface area contributed by atoms with Gasteiger partial charge < -0.3 is 9.88 Å². The highest BCUT2D eigenvalue weighted by Gasteiger charge is 2.13. The van der Waals surface area contributed by atoms with Gasteiger partial charge >= 0.3 is 0 Å². The number of imidazole rings is 1. The topological polar surface area (TPSA) is 29.9 Å². The summed E-state index contributed by atoms with van der Waals surface area (Å²) in [5.41, 5.74) is 2.37. The van der Waals surface area contributed by atoms with E-state index in [1.165, 1.54) is 30.6 Å². The standard InChI is InChI=1S/C16H25N3/c1-4-6-9-13(17-3)12-16-18-14-10-7-8-11-15(14)19(16)5-2/h7-8,10-11,13,17H,4-6,9,12H2,1-3H3. The Morgan fingerprint density at radius 3 is 2.74 bits per heavy atom. The van der Waals surface area contributed by atoms with Crippen molar-refractivity contribution in [2.45, 2.75) is 52.1 Å². The molecular formula is C16H25N3. The number of unbranched alkanes of at least 4 members (excludes halogenated alkanes) is 1. The normalized spacial score (nSPS) is 13.0. The van der Waals surface area contributed by atoms with Crippen molar-refractivity contribution in [3.63, 3.8) is 0 Å². The van der Waals surface area contributed by atoms with Crippen molar-refractivity contribution in [2.75, 3.05) is 7.05 Å². The molecular weight excluding hydrogens is 234 g/mol. The molecule has 3 heteroatoms. The highest BCUT2D eigenvalue weighted by atomic mass is 15.1. The van der Waals surface area contributed by atoms with E-state index in [0.717, 1.165) is 18.5 Å². The second kappa shape index (κ2) is 6.71. The fourth-order valence-corrected chi connectivity index (χ4v) is 2.65. The van der Waals surface area contributed by atoms with E-state index in [-0.39, 0.29) is 0 Å². The monoisotopic (exact) mass is 259 g/mol. The van der Waals surface area contributed by atoms with Gasteiger partial charge in [0.1, 0.15) is 5.82 Å². The highest BCUT2D eigenvalue weighted by molar-refractivity contribution is 5.75. The number of likely N-dealkylation sites (N-methyl/N-ethyl adjacent to an activating group) is 1. The van der Waals surface area contributed by atoms with Crippen molar-refractivity contribution >= 4 is 11.0 Å². The molecule has 0 spiro atoms. The number of aryl methyl sites for hydroxylation is 1. The zero-order valence-electron chi connectivity index (χ0n) is 12.3. The summed E-state index contributed by atoms with van der Waals surface area (Å²) >= 11 is 0. The van der Waals surface area contributed by atoms with Gasteiger partial charge in [-0.25, -0.2) is 4.98 Å². The quantitative estimate of drug-likeness (QED) is 0.826. The van der Waals surface area contributed by atoms with Crippen LogP contribution in [0.1, 0.15) is 38.9 Å². The summed E-state index contributed by atoms with van der Waals surface area (Å²) < 4.78 is 2.34.